The van der Waals surface area contributed by atoms with Crippen LogP contribution in [0.25, 0.3) is 10.9 Å². The predicted octanol–water partition coefficient (Wildman–Crippen LogP) is 6.24. The number of hydrogen-bond acceptors (Lipinski definition) is 4. The number of aromatic amines is 1. The van der Waals surface area contributed by atoms with Crippen molar-refractivity contribution in [2.45, 2.75) is 32.0 Å². The molecule has 6 rings (SSSR count). The van der Waals surface area contributed by atoms with Gasteiger partial charge in [-0.1, -0.05) is 72.8 Å². The van der Waals surface area contributed by atoms with E-state index in [1.54, 1.807) is 12.0 Å². The molecule has 1 aliphatic heterocycles. The third kappa shape index (κ3) is 6.72. The summed E-state index contributed by atoms with van der Waals surface area (Å²) >= 11 is 0. The highest BCUT2D eigenvalue weighted by molar-refractivity contribution is 6.00. The third-order valence-electron chi connectivity index (χ3n) is 7.97. The molecule has 7 heteroatoms. The van der Waals surface area contributed by atoms with Crippen LogP contribution in [0.2, 0.25) is 0 Å². The van der Waals surface area contributed by atoms with Gasteiger partial charge >= 0.3 is 0 Å². The molecule has 5 aromatic rings. The van der Waals surface area contributed by atoms with Crippen LogP contribution in [-0.2, 0) is 24.4 Å². The molecule has 1 atom stereocenters. The second kappa shape index (κ2) is 12.9. The van der Waals surface area contributed by atoms with Gasteiger partial charge in [0, 0.05) is 24.0 Å². The van der Waals surface area contributed by atoms with Gasteiger partial charge in [-0.15, -0.1) is 0 Å². The smallest absolute Gasteiger partial charge is 0.270 e. The molecule has 2 amide bonds. The van der Waals surface area contributed by atoms with Gasteiger partial charge in [-0.05, 0) is 65.9 Å². The Hall–Kier alpha value is -5.04. The van der Waals surface area contributed by atoms with Gasteiger partial charge in [-0.3, -0.25) is 9.59 Å². The van der Waals surface area contributed by atoms with Crippen molar-refractivity contribution in [2.24, 2.45) is 0 Å². The van der Waals surface area contributed by atoms with E-state index in [4.69, 9.17) is 9.47 Å². The fraction of sp³-hybridized carbons (Fsp3) is 0.222. The molecule has 4 aromatic carbocycles. The van der Waals surface area contributed by atoms with E-state index < -0.39 is 0 Å². The van der Waals surface area contributed by atoms with Crippen LogP contribution in [0.3, 0.4) is 0 Å². The summed E-state index contributed by atoms with van der Waals surface area (Å²) in [6, 6.07) is 35.5. The number of aryl methyl sites for hydroxylation is 1. The number of methoxy groups -OCH3 is 1. The monoisotopic (exact) mass is 573 g/mol. The molecule has 1 N–H and O–H groups in total. The molecule has 1 aromatic heterocycles. The molecule has 0 aliphatic carbocycles. The van der Waals surface area contributed by atoms with Crippen molar-refractivity contribution in [1.29, 1.82) is 0 Å². The predicted molar refractivity (Wildman–Crippen MR) is 167 cm³/mol. The van der Waals surface area contributed by atoms with Crippen molar-refractivity contribution >= 4 is 22.7 Å². The Labute approximate surface area is 251 Å². The number of nitrogens with one attached hydrogen (secondary N) is 1. The normalized spacial score (nSPS) is 15.1. The molecule has 2 heterocycles. The molecule has 1 aliphatic rings. The second-order valence-electron chi connectivity index (χ2n) is 10.9. The van der Waals surface area contributed by atoms with Crippen molar-refractivity contribution in [3.8, 4) is 11.5 Å². The number of H-pyrrole nitrogens is 1. The van der Waals surface area contributed by atoms with Gasteiger partial charge in [0.1, 0.15) is 30.3 Å². The lowest BCUT2D eigenvalue weighted by atomic mass is 10.0. The van der Waals surface area contributed by atoms with E-state index in [1.165, 1.54) is 5.56 Å². The van der Waals surface area contributed by atoms with Crippen LogP contribution in [0.5, 0.6) is 11.5 Å². The van der Waals surface area contributed by atoms with Crippen LogP contribution in [0.1, 0.15) is 33.6 Å². The largest absolute Gasteiger partial charge is 0.497 e. The number of fused-ring (bicyclic) bond motifs is 1. The van der Waals surface area contributed by atoms with Crippen LogP contribution in [-0.4, -0.2) is 52.8 Å². The lowest BCUT2D eigenvalue weighted by Gasteiger charge is -2.41. The van der Waals surface area contributed by atoms with Gasteiger partial charge in [-0.2, -0.15) is 0 Å². The lowest BCUT2D eigenvalue weighted by Crippen LogP contribution is -2.57. The average Bonchev–Trinajstić information content (AvgIpc) is 3.48. The maximum Gasteiger partial charge on any atom is 0.270 e. The quantitative estimate of drug-likeness (QED) is 0.215. The Bertz CT molecular complexity index is 1700. The molecular weight excluding hydrogens is 538 g/mol. The molecule has 0 radical (unpaired) electrons. The summed E-state index contributed by atoms with van der Waals surface area (Å²) in [5, 5.41) is 0.887. The van der Waals surface area contributed by atoms with E-state index in [2.05, 4.69) is 17.1 Å². The van der Waals surface area contributed by atoms with Crippen molar-refractivity contribution in [1.82, 2.24) is 14.8 Å². The Morgan fingerprint density at radius 2 is 1.58 bits per heavy atom. The van der Waals surface area contributed by atoms with E-state index in [0.717, 1.165) is 46.4 Å². The van der Waals surface area contributed by atoms with Crippen molar-refractivity contribution in [3.05, 3.63) is 132 Å². The zero-order valence-electron chi connectivity index (χ0n) is 24.2. The number of rotatable bonds is 10. The number of hydrogen-bond donors (Lipinski definition) is 1. The van der Waals surface area contributed by atoms with Crippen LogP contribution in [0.4, 0.5) is 0 Å². The fourth-order valence-electron chi connectivity index (χ4n) is 5.67. The van der Waals surface area contributed by atoms with Gasteiger partial charge < -0.3 is 24.3 Å². The summed E-state index contributed by atoms with van der Waals surface area (Å²) in [6.07, 6.45) is 1.56. The first kappa shape index (κ1) is 28.1. The Balaban J connectivity index is 1.19. The Morgan fingerprint density at radius 1 is 0.837 bits per heavy atom. The molecular formula is C36H35N3O4. The highest BCUT2D eigenvalue weighted by Gasteiger charge is 2.35. The van der Waals surface area contributed by atoms with Gasteiger partial charge in [0.05, 0.1) is 13.2 Å². The van der Waals surface area contributed by atoms with Crippen LogP contribution in [0, 0.1) is 0 Å². The van der Waals surface area contributed by atoms with E-state index in [1.807, 2.05) is 102 Å². The summed E-state index contributed by atoms with van der Waals surface area (Å²) in [7, 11) is 1.64. The standard InChI is InChI=1S/C36H35N3O4/c1-42-31-14-8-13-28(19-31)22-39-30(16-15-26-9-4-2-5-10-26)23-38(24-35(39)40)36(41)34-21-29-20-32(17-18-33(29)37-34)43-25-27-11-6-3-7-12-27/h2-14,17-21,30,37H,15-16,22-25H2,1H3/t30-/m0/s1. The minimum Gasteiger partial charge on any atom is -0.497 e. The average molecular weight is 574 g/mol. The summed E-state index contributed by atoms with van der Waals surface area (Å²) in [5.74, 6) is 1.25. The maximum atomic E-state index is 13.8. The third-order valence-corrected chi connectivity index (χ3v) is 7.97. The van der Waals surface area contributed by atoms with Crippen LogP contribution in [0.15, 0.2) is 109 Å². The molecule has 43 heavy (non-hydrogen) atoms. The van der Waals surface area contributed by atoms with Crippen LogP contribution < -0.4 is 9.47 Å². The minimum absolute atomic E-state index is 0.0332. The van der Waals surface area contributed by atoms with Crippen molar-refractivity contribution in [3.63, 3.8) is 0 Å². The van der Waals surface area contributed by atoms with E-state index in [-0.39, 0.29) is 24.4 Å². The Morgan fingerprint density at radius 3 is 2.35 bits per heavy atom. The number of aromatic nitrogens is 1. The number of nitrogens with zero attached hydrogens (tertiary/aromatic N) is 2. The van der Waals surface area contributed by atoms with Gasteiger partial charge in [0.2, 0.25) is 5.91 Å². The summed E-state index contributed by atoms with van der Waals surface area (Å²) in [6.45, 7) is 1.43. The van der Waals surface area contributed by atoms with E-state index in [9.17, 15) is 9.59 Å². The highest BCUT2D eigenvalue weighted by atomic mass is 16.5. The van der Waals surface area contributed by atoms with E-state index in [0.29, 0.717) is 25.4 Å². The fourth-order valence-corrected chi connectivity index (χ4v) is 5.67. The topological polar surface area (TPSA) is 74.9 Å². The first-order chi connectivity index (χ1) is 21.1. The number of carbonyl (C=O) groups is 2. The molecule has 1 saturated heterocycles. The number of piperazine rings is 1. The minimum atomic E-state index is -0.179. The zero-order chi connectivity index (χ0) is 29.6. The van der Waals surface area contributed by atoms with Gasteiger partial charge in [0.25, 0.3) is 5.91 Å². The number of ether oxygens (including phenoxy) is 2. The SMILES string of the molecule is COc1cccc(CN2C(=O)CN(C(=O)c3cc4cc(OCc5ccccc5)ccc4[nH]3)C[C@@H]2CCc2ccccc2)c1. The molecule has 0 saturated carbocycles. The van der Waals surface area contributed by atoms with E-state index >= 15 is 0 Å². The lowest BCUT2D eigenvalue weighted by molar-refractivity contribution is -0.139. The summed E-state index contributed by atoms with van der Waals surface area (Å²) in [5.41, 5.74) is 4.60. The summed E-state index contributed by atoms with van der Waals surface area (Å²) < 4.78 is 11.4. The molecule has 1 fully saturated rings. The highest BCUT2D eigenvalue weighted by Crippen LogP contribution is 2.26. The van der Waals surface area contributed by atoms with Crippen molar-refractivity contribution in [2.75, 3.05) is 20.2 Å². The molecule has 0 spiro atoms. The number of amides is 2. The van der Waals surface area contributed by atoms with Gasteiger partial charge in [-0.25, -0.2) is 0 Å². The molecule has 0 unspecified atom stereocenters. The summed E-state index contributed by atoms with van der Waals surface area (Å²) in [4.78, 5) is 34.2. The molecule has 7 nitrogen and oxygen atoms in total. The maximum absolute atomic E-state index is 13.8. The first-order valence-electron chi connectivity index (χ1n) is 14.6. The molecule has 0 bridgehead atoms. The second-order valence-corrected chi connectivity index (χ2v) is 10.9. The number of benzene rings is 4. The Kier molecular flexibility index (Phi) is 8.40. The van der Waals surface area contributed by atoms with Crippen molar-refractivity contribution < 1.29 is 19.1 Å². The molecule has 218 valence electrons. The van der Waals surface area contributed by atoms with Crippen LogP contribution >= 0.6 is 0 Å². The zero-order valence-corrected chi connectivity index (χ0v) is 24.2. The number of carbonyl (C=O) groups excluding carboxylic acids is 2. The first-order valence-corrected chi connectivity index (χ1v) is 14.6. The van der Waals surface area contributed by atoms with Gasteiger partial charge in [0.15, 0.2) is 0 Å².